The number of hydrogen-bond acceptors (Lipinski definition) is 3. The molecular weight excluding hydrogens is 166 g/mol. The Hall–Kier alpha value is -1.38. The van der Waals surface area contributed by atoms with E-state index in [1.807, 2.05) is 19.1 Å². The van der Waals surface area contributed by atoms with E-state index in [0.717, 1.165) is 18.4 Å². The number of nitrogens with zero attached hydrogens (tertiary/aromatic N) is 1. The fourth-order valence-electron chi connectivity index (χ4n) is 1.09. The molecule has 1 aliphatic carbocycles. The molecule has 0 atom stereocenters. The third-order valence-corrected chi connectivity index (χ3v) is 2.00. The van der Waals surface area contributed by atoms with Crippen molar-refractivity contribution in [2.45, 2.75) is 25.9 Å². The molecular formula is C10H11NO2. The van der Waals surface area contributed by atoms with Crippen LogP contribution in [0.25, 0.3) is 0 Å². The second-order valence-corrected chi connectivity index (χ2v) is 3.27. The molecule has 0 unspecified atom stereocenters. The average Bonchev–Trinajstić information content (AvgIpc) is 2.89. The Morgan fingerprint density at radius 3 is 3.00 bits per heavy atom. The molecule has 0 saturated heterocycles. The predicted octanol–water partition coefficient (Wildman–Crippen LogP) is 1.71. The van der Waals surface area contributed by atoms with Crippen molar-refractivity contribution in [1.29, 1.82) is 0 Å². The van der Waals surface area contributed by atoms with Gasteiger partial charge in [0.15, 0.2) is 5.69 Å². The van der Waals surface area contributed by atoms with E-state index >= 15 is 0 Å². The summed E-state index contributed by atoms with van der Waals surface area (Å²) in [4.78, 5) is 15.4. The van der Waals surface area contributed by atoms with E-state index in [1.54, 1.807) is 6.20 Å². The average molecular weight is 177 g/mol. The van der Waals surface area contributed by atoms with Crippen LogP contribution < -0.4 is 0 Å². The van der Waals surface area contributed by atoms with Crippen molar-refractivity contribution < 1.29 is 9.53 Å². The zero-order valence-corrected chi connectivity index (χ0v) is 7.49. The molecule has 3 heteroatoms. The Morgan fingerprint density at radius 1 is 1.62 bits per heavy atom. The number of esters is 1. The molecule has 2 rings (SSSR count). The summed E-state index contributed by atoms with van der Waals surface area (Å²) < 4.78 is 5.13. The maximum atomic E-state index is 11.4. The summed E-state index contributed by atoms with van der Waals surface area (Å²) in [5, 5.41) is 0. The normalized spacial score (nSPS) is 15.5. The van der Waals surface area contributed by atoms with Gasteiger partial charge in [-0.2, -0.15) is 0 Å². The molecule has 68 valence electrons. The number of aromatic nitrogens is 1. The van der Waals surface area contributed by atoms with Crippen molar-refractivity contribution in [2.75, 3.05) is 0 Å². The smallest absolute Gasteiger partial charge is 0.357 e. The lowest BCUT2D eigenvalue weighted by Gasteiger charge is -2.03. The van der Waals surface area contributed by atoms with Crippen LogP contribution in [0, 0.1) is 6.92 Å². The van der Waals surface area contributed by atoms with Crippen LogP contribution in [0.5, 0.6) is 0 Å². The largest absolute Gasteiger partial charge is 0.458 e. The van der Waals surface area contributed by atoms with Gasteiger partial charge in [0.1, 0.15) is 6.10 Å². The van der Waals surface area contributed by atoms with Crippen LogP contribution in [0.2, 0.25) is 0 Å². The minimum absolute atomic E-state index is 0.147. The summed E-state index contributed by atoms with van der Waals surface area (Å²) in [5.74, 6) is -0.291. The first-order chi connectivity index (χ1) is 6.27. The zero-order chi connectivity index (χ0) is 9.26. The molecule has 0 amide bonds. The monoisotopic (exact) mass is 177 g/mol. The minimum atomic E-state index is -0.291. The first kappa shape index (κ1) is 8.23. The molecule has 0 bridgehead atoms. The highest BCUT2D eigenvalue weighted by molar-refractivity contribution is 5.88. The van der Waals surface area contributed by atoms with E-state index in [-0.39, 0.29) is 12.1 Å². The van der Waals surface area contributed by atoms with Gasteiger partial charge in [0.05, 0.1) is 0 Å². The molecule has 1 aromatic heterocycles. The lowest BCUT2D eigenvalue weighted by molar-refractivity contribution is 0.0464. The fourth-order valence-corrected chi connectivity index (χ4v) is 1.09. The van der Waals surface area contributed by atoms with Gasteiger partial charge in [-0.25, -0.2) is 9.78 Å². The lowest BCUT2D eigenvalue weighted by atomic mass is 10.2. The van der Waals surface area contributed by atoms with Crippen LogP contribution in [-0.2, 0) is 4.74 Å². The summed E-state index contributed by atoms with van der Waals surface area (Å²) in [5.41, 5.74) is 1.31. The number of rotatable bonds is 2. The number of ether oxygens (including phenoxy) is 1. The van der Waals surface area contributed by atoms with Gasteiger partial charge < -0.3 is 4.74 Å². The van der Waals surface area contributed by atoms with Crippen molar-refractivity contribution in [1.82, 2.24) is 4.98 Å². The summed E-state index contributed by atoms with van der Waals surface area (Å²) in [6.07, 6.45) is 3.75. The number of carbonyl (C=O) groups excluding carboxylic acids is 1. The van der Waals surface area contributed by atoms with Gasteiger partial charge >= 0.3 is 5.97 Å². The molecule has 3 nitrogen and oxygen atoms in total. The number of pyridine rings is 1. The summed E-state index contributed by atoms with van der Waals surface area (Å²) in [7, 11) is 0. The molecule has 1 saturated carbocycles. The molecule has 0 aliphatic heterocycles. The van der Waals surface area contributed by atoms with Crippen LogP contribution in [0.4, 0.5) is 0 Å². The van der Waals surface area contributed by atoms with Gasteiger partial charge in [-0.3, -0.25) is 0 Å². The maximum absolute atomic E-state index is 11.4. The van der Waals surface area contributed by atoms with Crippen LogP contribution in [0.3, 0.4) is 0 Å². The van der Waals surface area contributed by atoms with Gasteiger partial charge in [-0.15, -0.1) is 0 Å². The zero-order valence-electron chi connectivity index (χ0n) is 7.49. The second-order valence-electron chi connectivity index (χ2n) is 3.27. The molecule has 0 aromatic carbocycles. The van der Waals surface area contributed by atoms with Crippen molar-refractivity contribution in [3.8, 4) is 0 Å². The van der Waals surface area contributed by atoms with Crippen LogP contribution >= 0.6 is 0 Å². The van der Waals surface area contributed by atoms with E-state index in [0.29, 0.717) is 5.69 Å². The van der Waals surface area contributed by atoms with Crippen molar-refractivity contribution in [3.63, 3.8) is 0 Å². The first-order valence-corrected chi connectivity index (χ1v) is 4.40. The Labute approximate surface area is 76.7 Å². The van der Waals surface area contributed by atoms with Crippen molar-refractivity contribution >= 4 is 5.97 Å². The predicted molar refractivity (Wildman–Crippen MR) is 47.4 cm³/mol. The van der Waals surface area contributed by atoms with E-state index in [2.05, 4.69) is 4.98 Å². The highest BCUT2D eigenvalue weighted by Crippen LogP contribution is 2.24. The Bertz CT molecular complexity index is 331. The van der Waals surface area contributed by atoms with Gasteiger partial charge in [0.2, 0.25) is 0 Å². The Kier molecular flexibility index (Phi) is 2.00. The Balaban J connectivity index is 2.13. The van der Waals surface area contributed by atoms with Gasteiger partial charge in [-0.05, 0) is 31.4 Å². The molecule has 0 radical (unpaired) electrons. The van der Waals surface area contributed by atoms with Crippen molar-refractivity contribution in [2.24, 2.45) is 0 Å². The molecule has 1 fully saturated rings. The third-order valence-electron chi connectivity index (χ3n) is 2.00. The molecule has 0 spiro atoms. The molecule has 13 heavy (non-hydrogen) atoms. The lowest BCUT2D eigenvalue weighted by Crippen LogP contribution is -2.10. The fraction of sp³-hybridized carbons (Fsp3) is 0.400. The van der Waals surface area contributed by atoms with Crippen LogP contribution in [0.15, 0.2) is 18.3 Å². The van der Waals surface area contributed by atoms with Gasteiger partial charge in [-0.1, -0.05) is 6.07 Å². The minimum Gasteiger partial charge on any atom is -0.458 e. The molecule has 1 heterocycles. The van der Waals surface area contributed by atoms with Crippen LogP contribution in [-0.4, -0.2) is 17.1 Å². The second kappa shape index (κ2) is 3.17. The van der Waals surface area contributed by atoms with Gasteiger partial charge in [0, 0.05) is 6.20 Å². The summed E-state index contributed by atoms with van der Waals surface area (Å²) in [6, 6.07) is 3.67. The van der Waals surface area contributed by atoms with E-state index in [1.165, 1.54) is 0 Å². The van der Waals surface area contributed by atoms with E-state index < -0.39 is 0 Å². The van der Waals surface area contributed by atoms with Gasteiger partial charge in [0.25, 0.3) is 0 Å². The SMILES string of the molecule is Cc1cccnc1C(=O)OC1CC1. The highest BCUT2D eigenvalue weighted by Gasteiger charge is 2.27. The number of hydrogen-bond donors (Lipinski definition) is 0. The number of aryl methyl sites for hydroxylation is 1. The maximum Gasteiger partial charge on any atom is 0.357 e. The number of carbonyl (C=O) groups is 1. The molecule has 1 aliphatic rings. The third kappa shape index (κ3) is 1.86. The van der Waals surface area contributed by atoms with Crippen LogP contribution in [0.1, 0.15) is 28.9 Å². The summed E-state index contributed by atoms with van der Waals surface area (Å²) in [6.45, 7) is 1.86. The molecule has 0 N–H and O–H groups in total. The highest BCUT2D eigenvalue weighted by atomic mass is 16.5. The van der Waals surface area contributed by atoms with Crippen molar-refractivity contribution in [3.05, 3.63) is 29.6 Å². The first-order valence-electron chi connectivity index (χ1n) is 4.40. The molecule has 1 aromatic rings. The van der Waals surface area contributed by atoms with E-state index in [4.69, 9.17) is 4.74 Å². The quantitative estimate of drug-likeness (QED) is 0.645. The Morgan fingerprint density at radius 2 is 2.38 bits per heavy atom. The van der Waals surface area contributed by atoms with E-state index in [9.17, 15) is 4.79 Å². The summed E-state index contributed by atoms with van der Waals surface area (Å²) >= 11 is 0. The topological polar surface area (TPSA) is 39.2 Å². The standard InChI is InChI=1S/C10H11NO2/c1-7-3-2-6-11-9(7)10(12)13-8-4-5-8/h2-3,6,8H,4-5H2,1H3.